The van der Waals surface area contributed by atoms with E-state index in [-0.39, 0.29) is 11.4 Å². The quantitative estimate of drug-likeness (QED) is 0.498. The van der Waals surface area contributed by atoms with Gasteiger partial charge in [0.05, 0.1) is 27.0 Å². The van der Waals surface area contributed by atoms with E-state index in [1.807, 2.05) is 21.9 Å². The van der Waals surface area contributed by atoms with Crippen LogP contribution in [0.25, 0.3) is 15.7 Å². The molecule has 4 rings (SSSR count). The molecule has 27 heavy (non-hydrogen) atoms. The van der Waals surface area contributed by atoms with Gasteiger partial charge in [0.2, 0.25) is 5.91 Å². The molecule has 0 saturated heterocycles. The van der Waals surface area contributed by atoms with Gasteiger partial charge in [-0.2, -0.15) is 13.2 Å². The van der Waals surface area contributed by atoms with E-state index in [1.165, 1.54) is 23.9 Å². The summed E-state index contributed by atoms with van der Waals surface area (Å²) in [6, 6.07) is 8.49. The Bertz CT molecular complexity index is 1140. The standard InChI is InChI=1S/C17H11F3N4OS2/c18-17(19,20)10-2-1-3-11(6-10)22-15(25)8-27-16-13-7-14-12(4-5-26-14)24(13)9-21-23-16/h1-7,9H,8H2,(H,22,25). The molecule has 10 heteroatoms. The highest BCUT2D eigenvalue weighted by molar-refractivity contribution is 8.00. The predicted molar refractivity (Wildman–Crippen MR) is 99.2 cm³/mol. The highest BCUT2D eigenvalue weighted by Gasteiger charge is 2.30. The number of aromatic nitrogens is 3. The number of alkyl halides is 3. The van der Waals surface area contributed by atoms with Gasteiger partial charge in [0.15, 0.2) is 0 Å². The van der Waals surface area contributed by atoms with Gasteiger partial charge in [-0.3, -0.25) is 9.20 Å². The Morgan fingerprint density at radius 3 is 2.89 bits per heavy atom. The number of hydrogen-bond acceptors (Lipinski definition) is 5. The van der Waals surface area contributed by atoms with Crippen LogP contribution in [-0.4, -0.2) is 26.3 Å². The molecule has 0 spiro atoms. The molecule has 0 aliphatic rings. The second kappa shape index (κ2) is 6.86. The Kier molecular flexibility index (Phi) is 4.52. The lowest BCUT2D eigenvalue weighted by atomic mass is 10.2. The maximum Gasteiger partial charge on any atom is 0.416 e. The number of benzene rings is 1. The van der Waals surface area contributed by atoms with Crippen LogP contribution in [0, 0.1) is 0 Å². The minimum absolute atomic E-state index is 0.00340. The van der Waals surface area contributed by atoms with Crippen LogP contribution in [0.15, 0.2) is 53.1 Å². The van der Waals surface area contributed by atoms with E-state index in [1.54, 1.807) is 17.7 Å². The summed E-state index contributed by atoms with van der Waals surface area (Å²) in [5.41, 5.74) is 1.14. The lowest BCUT2D eigenvalue weighted by Gasteiger charge is -2.09. The lowest BCUT2D eigenvalue weighted by Crippen LogP contribution is -2.15. The average Bonchev–Trinajstić information content (AvgIpc) is 3.21. The van der Waals surface area contributed by atoms with Gasteiger partial charge in [0, 0.05) is 5.69 Å². The number of carbonyl (C=O) groups excluding carboxylic acids is 1. The van der Waals surface area contributed by atoms with Crippen molar-refractivity contribution < 1.29 is 18.0 Å². The van der Waals surface area contributed by atoms with E-state index < -0.39 is 17.6 Å². The first kappa shape index (κ1) is 17.8. The van der Waals surface area contributed by atoms with Gasteiger partial charge < -0.3 is 5.32 Å². The summed E-state index contributed by atoms with van der Waals surface area (Å²) < 4.78 is 41.2. The zero-order valence-electron chi connectivity index (χ0n) is 13.5. The third-order valence-electron chi connectivity index (χ3n) is 3.81. The fraction of sp³-hybridized carbons (Fsp3) is 0.118. The van der Waals surface area contributed by atoms with Crippen LogP contribution in [0.4, 0.5) is 18.9 Å². The minimum Gasteiger partial charge on any atom is -0.325 e. The maximum absolute atomic E-state index is 12.8. The molecule has 5 nitrogen and oxygen atoms in total. The average molecular weight is 408 g/mol. The van der Waals surface area contributed by atoms with Gasteiger partial charge >= 0.3 is 6.18 Å². The number of thioether (sulfide) groups is 1. The molecule has 0 fully saturated rings. The van der Waals surface area contributed by atoms with E-state index >= 15 is 0 Å². The first-order valence-electron chi connectivity index (χ1n) is 7.72. The summed E-state index contributed by atoms with van der Waals surface area (Å²) in [5.74, 6) is -0.417. The molecule has 0 unspecified atom stereocenters. The number of rotatable bonds is 4. The fourth-order valence-corrected chi connectivity index (χ4v) is 4.18. The molecule has 0 saturated carbocycles. The normalized spacial score (nSPS) is 12.0. The van der Waals surface area contributed by atoms with Crippen molar-refractivity contribution >= 4 is 50.4 Å². The molecule has 138 valence electrons. The summed E-state index contributed by atoms with van der Waals surface area (Å²) >= 11 is 2.78. The summed E-state index contributed by atoms with van der Waals surface area (Å²) in [6.45, 7) is 0. The van der Waals surface area contributed by atoms with Crippen LogP contribution in [-0.2, 0) is 11.0 Å². The number of hydrogen-bond donors (Lipinski definition) is 1. The van der Waals surface area contributed by atoms with Crippen molar-refractivity contribution in [2.45, 2.75) is 11.2 Å². The van der Waals surface area contributed by atoms with Crippen molar-refractivity contribution in [3.8, 4) is 0 Å². The first-order valence-corrected chi connectivity index (χ1v) is 9.58. The third kappa shape index (κ3) is 3.62. The smallest absolute Gasteiger partial charge is 0.325 e. The van der Waals surface area contributed by atoms with Crippen LogP contribution >= 0.6 is 23.1 Å². The second-order valence-electron chi connectivity index (χ2n) is 5.62. The molecule has 3 heterocycles. The van der Waals surface area contributed by atoms with Crippen LogP contribution < -0.4 is 5.32 Å². The van der Waals surface area contributed by atoms with Gasteiger partial charge in [-0.15, -0.1) is 21.5 Å². The highest BCUT2D eigenvalue weighted by Crippen LogP contribution is 2.31. The van der Waals surface area contributed by atoms with Crippen LogP contribution in [0.2, 0.25) is 0 Å². The number of amides is 1. The molecule has 1 N–H and O–H groups in total. The Hall–Kier alpha value is -2.59. The van der Waals surface area contributed by atoms with Crippen LogP contribution in [0.1, 0.15) is 5.56 Å². The Balaban J connectivity index is 1.48. The molecule has 0 bridgehead atoms. The molecule has 1 amide bonds. The molecular formula is C17H11F3N4OS2. The highest BCUT2D eigenvalue weighted by atomic mass is 32.2. The molecule has 4 aromatic rings. The van der Waals surface area contributed by atoms with Crippen molar-refractivity contribution in [3.05, 3.63) is 53.7 Å². The van der Waals surface area contributed by atoms with Gasteiger partial charge in [0.1, 0.15) is 11.4 Å². The van der Waals surface area contributed by atoms with Crippen molar-refractivity contribution in [2.24, 2.45) is 0 Å². The number of thiophene rings is 1. The molecule has 0 aliphatic carbocycles. The summed E-state index contributed by atoms with van der Waals surface area (Å²) in [6.07, 6.45) is -2.85. The fourth-order valence-electron chi connectivity index (χ4n) is 2.62. The maximum atomic E-state index is 12.8. The van der Waals surface area contributed by atoms with E-state index in [0.29, 0.717) is 5.03 Å². The summed E-state index contributed by atoms with van der Waals surface area (Å²) in [4.78, 5) is 12.1. The predicted octanol–water partition coefficient (Wildman–Crippen LogP) is 4.69. The molecular weight excluding hydrogens is 397 g/mol. The van der Waals surface area contributed by atoms with Crippen LogP contribution in [0.5, 0.6) is 0 Å². The molecule has 3 aromatic heterocycles. The Morgan fingerprint density at radius 2 is 2.07 bits per heavy atom. The second-order valence-corrected chi connectivity index (χ2v) is 7.53. The number of fused-ring (bicyclic) bond motifs is 3. The molecule has 0 atom stereocenters. The topological polar surface area (TPSA) is 59.3 Å². The first-order chi connectivity index (χ1) is 12.9. The van der Waals surface area contributed by atoms with Gasteiger partial charge in [0.25, 0.3) is 0 Å². The third-order valence-corrected chi connectivity index (χ3v) is 5.63. The summed E-state index contributed by atoms with van der Waals surface area (Å²) in [7, 11) is 0. The van der Waals surface area contributed by atoms with Crippen molar-refractivity contribution in [1.29, 1.82) is 0 Å². The number of nitrogens with zero attached hydrogens (tertiary/aromatic N) is 3. The number of halogens is 3. The minimum atomic E-state index is -4.46. The molecule has 0 aliphatic heterocycles. The zero-order chi connectivity index (χ0) is 19.0. The van der Waals surface area contributed by atoms with Crippen molar-refractivity contribution in [3.63, 3.8) is 0 Å². The van der Waals surface area contributed by atoms with Gasteiger partial charge in [-0.25, -0.2) is 0 Å². The number of nitrogens with one attached hydrogen (secondary N) is 1. The van der Waals surface area contributed by atoms with Crippen molar-refractivity contribution in [2.75, 3.05) is 11.1 Å². The van der Waals surface area contributed by atoms with E-state index in [0.717, 1.165) is 27.9 Å². The molecule has 1 aromatic carbocycles. The van der Waals surface area contributed by atoms with E-state index in [2.05, 4.69) is 15.5 Å². The SMILES string of the molecule is O=C(CSc1nncn2c1cc1sccc12)Nc1cccc(C(F)(F)F)c1. The number of anilines is 1. The Labute approximate surface area is 159 Å². The van der Waals surface area contributed by atoms with Gasteiger partial charge in [-0.05, 0) is 35.7 Å². The van der Waals surface area contributed by atoms with Crippen LogP contribution in [0.3, 0.4) is 0 Å². The summed E-state index contributed by atoms with van der Waals surface area (Å²) in [5, 5.41) is 13.1. The number of carbonyl (C=O) groups is 1. The monoisotopic (exact) mass is 408 g/mol. The van der Waals surface area contributed by atoms with Gasteiger partial charge in [-0.1, -0.05) is 17.8 Å². The van der Waals surface area contributed by atoms with E-state index in [4.69, 9.17) is 0 Å². The molecule has 0 radical (unpaired) electrons. The largest absolute Gasteiger partial charge is 0.416 e. The zero-order valence-corrected chi connectivity index (χ0v) is 15.2. The van der Waals surface area contributed by atoms with Crippen molar-refractivity contribution in [1.82, 2.24) is 14.6 Å². The lowest BCUT2D eigenvalue weighted by molar-refractivity contribution is -0.137. The Morgan fingerprint density at radius 1 is 1.22 bits per heavy atom. The van der Waals surface area contributed by atoms with E-state index in [9.17, 15) is 18.0 Å².